The van der Waals surface area contributed by atoms with E-state index in [2.05, 4.69) is 5.10 Å². The molecule has 1 heterocycles. The van der Waals surface area contributed by atoms with E-state index in [1.54, 1.807) is 0 Å². The summed E-state index contributed by atoms with van der Waals surface area (Å²) in [5.41, 5.74) is -0.341. The molecule has 0 unspecified atom stereocenters. The smallest absolute Gasteiger partial charge is 0.284 e. The van der Waals surface area contributed by atoms with Crippen molar-refractivity contribution in [1.82, 2.24) is 9.78 Å². The molecule has 0 amide bonds. The van der Waals surface area contributed by atoms with Crippen LogP contribution in [0.25, 0.3) is 0 Å². The molecule has 0 N–H and O–H groups in total. The Bertz CT molecular complexity index is 402. The van der Waals surface area contributed by atoms with Crippen molar-refractivity contribution in [3.05, 3.63) is 18.0 Å². The topological polar surface area (TPSA) is 34.9 Å². The standard InChI is InChI=1S/C11H15F3N2O/c1-10(2,3)4-5-16-7-8(6-15-16)9(17)11(12,13)14/h6-7H,4-5H2,1-3H3. The quantitative estimate of drug-likeness (QED) is 0.770. The van der Waals surface area contributed by atoms with Gasteiger partial charge in [-0.1, -0.05) is 20.8 Å². The van der Waals surface area contributed by atoms with Gasteiger partial charge in [-0.2, -0.15) is 18.3 Å². The summed E-state index contributed by atoms with van der Waals surface area (Å²) in [4.78, 5) is 10.9. The third-order valence-corrected chi connectivity index (χ3v) is 2.24. The fourth-order valence-corrected chi connectivity index (χ4v) is 1.22. The Morgan fingerprint density at radius 1 is 1.35 bits per heavy atom. The first kappa shape index (κ1) is 13.7. The van der Waals surface area contributed by atoms with E-state index in [4.69, 9.17) is 0 Å². The van der Waals surface area contributed by atoms with Crippen molar-refractivity contribution in [2.75, 3.05) is 0 Å². The average Bonchev–Trinajstić information content (AvgIpc) is 2.59. The van der Waals surface area contributed by atoms with Gasteiger partial charge in [-0.15, -0.1) is 0 Å². The Morgan fingerprint density at radius 2 is 1.94 bits per heavy atom. The van der Waals surface area contributed by atoms with Crippen molar-refractivity contribution in [3.63, 3.8) is 0 Å². The number of carbonyl (C=O) groups excluding carboxylic acids is 1. The van der Waals surface area contributed by atoms with Crippen molar-refractivity contribution in [2.45, 2.75) is 39.9 Å². The first-order chi connectivity index (χ1) is 7.59. The minimum Gasteiger partial charge on any atom is -0.284 e. The number of hydrogen-bond acceptors (Lipinski definition) is 2. The highest BCUT2D eigenvalue weighted by Crippen LogP contribution is 2.22. The lowest BCUT2D eigenvalue weighted by atomic mass is 9.92. The molecule has 6 heteroatoms. The van der Waals surface area contributed by atoms with E-state index in [0.717, 1.165) is 18.8 Å². The molecule has 0 aromatic carbocycles. The lowest BCUT2D eigenvalue weighted by molar-refractivity contribution is -0.0885. The van der Waals surface area contributed by atoms with Gasteiger partial charge in [0.2, 0.25) is 0 Å². The summed E-state index contributed by atoms with van der Waals surface area (Å²) in [6.07, 6.45) is -1.97. The van der Waals surface area contributed by atoms with Crippen LogP contribution in [0.4, 0.5) is 13.2 Å². The van der Waals surface area contributed by atoms with Crippen LogP contribution in [0.2, 0.25) is 0 Å². The lowest BCUT2D eigenvalue weighted by Crippen LogP contribution is -2.22. The summed E-state index contributed by atoms with van der Waals surface area (Å²) in [6, 6.07) is 0. The van der Waals surface area contributed by atoms with E-state index in [1.165, 1.54) is 4.68 Å². The van der Waals surface area contributed by atoms with Gasteiger partial charge in [-0.25, -0.2) is 0 Å². The number of rotatable bonds is 3. The molecular weight excluding hydrogens is 233 g/mol. The van der Waals surface area contributed by atoms with Crippen molar-refractivity contribution in [1.29, 1.82) is 0 Å². The van der Waals surface area contributed by atoms with Crippen molar-refractivity contribution < 1.29 is 18.0 Å². The molecule has 0 aliphatic heterocycles. The number of carbonyl (C=O) groups is 1. The van der Waals surface area contributed by atoms with Gasteiger partial charge >= 0.3 is 6.18 Å². The van der Waals surface area contributed by atoms with E-state index in [-0.39, 0.29) is 5.41 Å². The highest BCUT2D eigenvalue weighted by molar-refractivity contribution is 5.99. The van der Waals surface area contributed by atoms with Crippen LogP contribution in [-0.2, 0) is 6.54 Å². The van der Waals surface area contributed by atoms with Crippen LogP contribution >= 0.6 is 0 Å². The zero-order valence-electron chi connectivity index (χ0n) is 10.0. The summed E-state index contributed by atoms with van der Waals surface area (Å²) in [5, 5.41) is 3.75. The predicted molar refractivity (Wildman–Crippen MR) is 56.7 cm³/mol. The molecular formula is C11H15F3N2O. The van der Waals surface area contributed by atoms with Crippen LogP contribution in [0.1, 0.15) is 37.6 Å². The van der Waals surface area contributed by atoms with Gasteiger partial charge < -0.3 is 0 Å². The molecule has 0 spiro atoms. The van der Waals surface area contributed by atoms with Crippen molar-refractivity contribution >= 4 is 5.78 Å². The maximum absolute atomic E-state index is 12.1. The number of halogens is 3. The van der Waals surface area contributed by atoms with Gasteiger partial charge in [0.05, 0.1) is 11.8 Å². The van der Waals surface area contributed by atoms with Crippen molar-refractivity contribution in [2.24, 2.45) is 5.41 Å². The average molecular weight is 248 g/mol. The molecule has 1 rings (SSSR count). The molecule has 1 aromatic heterocycles. The van der Waals surface area contributed by atoms with E-state index in [0.29, 0.717) is 6.54 Å². The normalized spacial score (nSPS) is 12.8. The van der Waals surface area contributed by atoms with E-state index >= 15 is 0 Å². The highest BCUT2D eigenvalue weighted by Gasteiger charge is 2.39. The number of Topliss-reactive ketones (excluding diaryl/α,β-unsaturated/α-hetero) is 1. The van der Waals surface area contributed by atoms with E-state index in [1.807, 2.05) is 20.8 Å². The van der Waals surface area contributed by atoms with Crippen LogP contribution in [-0.4, -0.2) is 21.7 Å². The Labute approximate surface area is 97.6 Å². The molecule has 1 aromatic rings. The largest absolute Gasteiger partial charge is 0.454 e. The molecule has 17 heavy (non-hydrogen) atoms. The third kappa shape index (κ3) is 4.20. The first-order valence-corrected chi connectivity index (χ1v) is 5.23. The molecule has 0 aliphatic carbocycles. The minimum atomic E-state index is -4.84. The lowest BCUT2D eigenvalue weighted by Gasteiger charge is -2.17. The fourth-order valence-electron chi connectivity index (χ4n) is 1.22. The van der Waals surface area contributed by atoms with E-state index in [9.17, 15) is 18.0 Å². The number of ketones is 1. The molecule has 0 saturated heterocycles. The Balaban J connectivity index is 2.69. The van der Waals surface area contributed by atoms with Gasteiger partial charge in [0.1, 0.15) is 0 Å². The first-order valence-electron chi connectivity index (χ1n) is 5.23. The number of aryl methyl sites for hydroxylation is 1. The minimum absolute atomic E-state index is 0.0696. The number of hydrogen-bond donors (Lipinski definition) is 0. The Morgan fingerprint density at radius 3 is 2.41 bits per heavy atom. The number of nitrogens with zero attached hydrogens (tertiary/aromatic N) is 2. The summed E-state index contributed by atoms with van der Waals surface area (Å²) in [7, 11) is 0. The van der Waals surface area contributed by atoms with Gasteiger partial charge in [0.15, 0.2) is 0 Å². The summed E-state index contributed by atoms with van der Waals surface area (Å²) >= 11 is 0. The molecule has 0 radical (unpaired) electrons. The van der Waals surface area contributed by atoms with Crippen LogP contribution < -0.4 is 0 Å². The number of alkyl halides is 3. The summed E-state index contributed by atoms with van der Waals surface area (Å²) < 4.78 is 37.8. The fraction of sp³-hybridized carbons (Fsp3) is 0.636. The molecule has 0 atom stereocenters. The van der Waals surface area contributed by atoms with E-state index < -0.39 is 17.5 Å². The molecule has 0 aliphatic rings. The second-order valence-electron chi connectivity index (χ2n) is 5.13. The Hall–Kier alpha value is -1.33. The zero-order valence-corrected chi connectivity index (χ0v) is 10.0. The second kappa shape index (κ2) is 4.50. The highest BCUT2D eigenvalue weighted by atomic mass is 19.4. The van der Waals surface area contributed by atoms with Gasteiger partial charge in [-0.05, 0) is 11.8 Å². The number of aromatic nitrogens is 2. The van der Waals surface area contributed by atoms with Crippen molar-refractivity contribution in [3.8, 4) is 0 Å². The van der Waals surface area contributed by atoms with Gasteiger partial charge in [0, 0.05) is 12.7 Å². The molecule has 3 nitrogen and oxygen atoms in total. The van der Waals surface area contributed by atoms with Gasteiger partial charge in [-0.3, -0.25) is 9.48 Å². The monoisotopic (exact) mass is 248 g/mol. The molecule has 96 valence electrons. The van der Waals surface area contributed by atoms with Crippen LogP contribution in [0.15, 0.2) is 12.4 Å². The second-order valence-corrected chi connectivity index (χ2v) is 5.13. The summed E-state index contributed by atoms with van der Waals surface area (Å²) in [5.74, 6) is -1.85. The SMILES string of the molecule is CC(C)(C)CCn1cc(C(=O)C(F)(F)F)cn1. The third-order valence-electron chi connectivity index (χ3n) is 2.24. The molecule has 0 saturated carbocycles. The van der Waals surface area contributed by atoms with Crippen LogP contribution in [0.5, 0.6) is 0 Å². The van der Waals surface area contributed by atoms with Gasteiger partial charge in [0.25, 0.3) is 5.78 Å². The zero-order chi connectivity index (χ0) is 13.3. The Kier molecular flexibility index (Phi) is 3.64. The molecule has 0 fully saturated rings. The maximum Gasteiger partial charge on any atom is 0.454 e. The predicted octanol–water partition coefficient (Wildman–Crippen LogP) is 3.06. The van der Waals surface area contributed by atoms with Crippen LogP contribution in [0.3, 0.4) is 0 Å². The van der Waals surface area contributed by atoms with Crippen LogP contribution in [0, 0.1) is 5.41 Å². The summed E-state index contributed by atoms with van der Waals surface area (Å²) in [6.45, 7) is 6.57. The maximum atomic E-state index is 12.1. The molecule has 0 bridgehead atoms.